The molecular weight excluding hydrogens is 326 g/mol. The Morgan fingerprint density at radius 1 is 1.45 bits per heavy atom. The summed E-state index contributed by atoms with van der Waals surface area (Å²) in [6, 6.07) is 3.63. The second-order valence-corrected chi connectivity index (χ2v) is 6.17. The standard InChI is InChI=1S/C13H16BrN3O3/c1-8-11(12(18)20-13(2,3)4)15-16-17(8)7-9-5-6-10(14)19-9/h5-6H,7H2,1-4H3. The van der Waals surface area contributed by atoms with E-state index in [0.29, 0.717) is 16.9 Å². The topological polar surface area (TPSA) is 70.2 Å². The first kappa shape index (κ1) is 14.8. The molecule has 108 valence electrons. The number of hydrogen-bond donors (Lipinski definition) is 0. The Labute approximate surface area is 125 Å². The highest BCUT2D eigenvalue weighted by atomic mass is 79.9. The number of carbonyl (C=O) groups is 1. The molecule has 0 saturated carbocycles. The number of furan rings is 1. The van der Waals surface area contributed by atoms with Gasteiger partial charge in [-0.1, -0.05) is 5.21 Å². The molecule has 0 aromatic carbocycles. The minimum Gasteiger partial charge on any atom is -0.455 e. The van der Waals surface area contributed by atoms with Crippen molar-refractivity contribution in [2.24, 2.45) is 0 Å². The molecule has 2 rings (SSSR count). The molecular formula is C13H16BrN3O3. The molecule has 0 aliphatic carbocycles. The Morgan fingerprint density at radius 3 is 2.70 bits per heavy atom. The van der Waals surface area contributed by atoms with Gasteiger partial charge in [-0.05, 0) is 55.8 Å². The van der Waals surface area contributed by atoms with Crippen LogP contribution >= 0.6 is 15.9 Å². The summed E-state index contributed by atoms with van der Waals surface area (Å²) < 4.78 is 12.9. The van der Waals surface area contributed by atoms with Crippen LogP contribution in [0.3, 0.4) is 0 Å². The summed E-state index contributed by atoms with van der Waals surface area (Å²) >= 11 is 3.24. The predicted molar refractivity (Wildman–Crippen MR) is 75.4 cm³/mol. The van der Waals surface area contributed by atoms with Gasteiger partial charge in [0.25, 0.3) is 0 Å². The lowest BCUT2D eigenvalue weighted by Crippen LogP contribution is -2.24. The molecule has 0 aliphatic heterocycles. The number of aromatic nitrogens is 3. The molecule has 2 aromatic heterocycles. The highest BCUT2D eigenvalue weighted by molar-refractivity contribution is 9.10. The lowest BCUT2D eigenvalue weighted by atomic mass is 10.2. The molecule has 0 radical (unpaired) electrons. The van der Waals surface area contributed by atoms with E-state index in [4.69, 9.17) is 9.15 Å². The molecule has 6 nitrogen and oxygen atoms in total. The molecule has 20 heavy (non-hydrogen) atoms. The fourth-order valence-corrected chi connectivity index (χ4v) is 1.95. The third kappa shape index (κ3) is 3.47. The van der Waals surface area contributed by atoms with Crippen LogP contribution in [0.1, 0.15) is 42.7 Å². The lowest BCUT2D eigenvalue weighted by molar-refractivity contribution is 0.00618. The Hall–Kier alpha value is -1.63. The van der Waals surface area contributed by atoms with Gasteiger partial charge in [-0.25, -0.2) is 9.48 Å². The van der Waals surface area contributed by atoms with E-state index in [0.717, 1.165) is 5.76 Å². The number of nitrogens with zero attached hydrogens (tertiary/aromatic N) is 3. The van der Waals surface area contributed by atoms with Crippen LogP contribution in [0.2, 0.25) is 0 Å². The van der Waals surface area contributed by atoms with Gasteiger partial charge in [-0.2, -0.15) is 0 Å². The zero-order chi connectivity index (χ0) is 14.9. The molecule has 0 unspecified atom stereocenters. The van der Waals surface area contributed by atoms with E-state index in [1.807, 2.05) is 26.8 Å². The van der Waals surface area contributed by atoms with Crippen molar-refractivity contribution in [3.05, 3.63) is 34.0 Å². The smallest absolute Gasteiger partial charge is 0.361 e. The number of ether oxygens (including phenoxy) is 1. The molecule has 0 amide bonds. The first-order valence-electron chi connectivity index (χ1n) is 6.14. The summed E-state index contributed by atoms with van der Waals surface area (Å²) in [6.45, 7) is 7.62. The molecule has 7 heteroatoms. The summed E-state index contributed by atoms with van der Waals surface area (Å²) in [5, 5.41) is 7.85. The minimum atomic E-state index is -0.556. The van der Waals surface area contributed by atoms with Gasteiger partial charge in [-0.15, -0.1) is 5.10 Å². The van der Waals surface area contributed by atoms with Crippen LogP contribution in [0.25, 0.3) is 0 Å². The SMILES string of the molecule is Cc1c(C(=O)OC(C)(C)C)nnn1Cc1ccc(Br)o1. The zero-order valence-electron chi connectivity index (χ0n) is 11.8. The van der Waals surface area contributed by atoms with Crippen LogP contribution in [0, 0.1) is 6.92 Å². The fraction of sp³-hybridized carbons (Fsp3) is 0.462. The maximum absolute atomic E-state index is 12.0. The maximum Gasteiger partial charge on any atom is 0.361 e. The second kappa shape index (κ2) is 5.40. The molecule has 0 fully saturated rings. The zero-order valence-corrected chi connectivity index (χ0v) is 13.4. The van der Waals surface area contributed by atoms with Crippen LogP contribution in [0.15, 0.2) is 21.2 Å². The fourth-order valence-electron chi connectivity index (χ4n) is 1.61. The number of hydrogen-bond acceptors (Lipinski definition) is 5. The van der Waals surface area contributed by atoms with Gasteiger partial charge in [0.2, 0.25) is 0 Å². The molecule has 2 heterocycles. The van der Waals surface area contributed by atoms with E-state index in [9.17, 15) is 4.79 Å². The molecule has 0 spiro atoms. The number of carbonyl (C=O) groups excluding carboxylic acids is 1. The van der Waals surface area contributed by atoms with Crippen LogP contribution in [-0.2, 0) is 11.3 Å². The normalized spacial score (nSPS) is 11.7. The number of rotatable bonds is 3. The Kier molecular flexibility index (Phi) is 3.99. The van der Waals surface area contributed by atoms with Gasteiger partial charge in [0, 0.05) is 0 Å². The Morgan fingerprint density at radius 2 is 2.15 bits per heavy atom. The van der Waals surface area contributed by atoms with Gasteiger partial charge in [-0.3, -0.25) is 0 Å². The van der Waals surface area contributed by atoms with E-state index in [-0.39, 0.29) is 5.69 Å². The van der Waals surface area contributed by atoms with Crippen molar-refractivity contribution in [3.63, 3.8) is 0 Å². The summed E-state index contributed by atoms with van der Waals surface area (Å²) in [5.74, 6) is 0.252. The summed E-state index contributed by atoms with van der Waals surface area (Å²) in [4.78, 5) is 12.0. The number of halogens is 1. The predicted octanol–water partition coefficient (Wildman–Crippen LogP) is 2.95. The van der Waals surface area contributed by atoms with Crippen molar-refractivity contribution < 1.29 is 13.9 Å². The minimum absolute atomic E-state index is 0.227. The van der Waals surface area contributed by atoms with E-state index in [2.05, 4.69) is 26.2 Å². The first-order chi connectivity index (χ1) is 9.26. The van der Waals surface area contributed by atoms with Crippen molar-refractivity contribution in [1.82, 2.24) is 15.0 Å². The summed E-state index contributed by atoms with van der Waals surface area (Å²) in [7, 11) is 0. The monoisotopic (exact) mass is 341 g/mol. The van der Waals surface area contributed by atoms with Crippen LogP contribution in [-0.4, -0.2) is 26.6 Å². The van der Waals surface area contributed by atoms with Crippen molar-refractivity contribution in [2.75, 3.05) is 0 Å². The lowest BCUT2D eigenvalue weighted by Gasteiger charge is -2.18. The van der Waals surface area contributed by atoms with Crippen LogP contribution in [0.4, 0.5) is 0 Å². The molecule has 2 aromatic rings. The average Bonchev–Trinajstić information content (AvgIpc) is 2.85. The van der Waals surface area contributed by atoms with Crippen molar-refractivity contribution in [2.45, 2.75) is 39.8 Å². The highest BCUT2D eigenvalue weighted by Gasteiger charge is 2.23. The second-order valence-electron chi connectivity index (χ2n) is 5.39. The Balaban J connectivity index is 2.16. The maximum atomic E-state index is 12.0. The van der Waals surface area contributed by atoms with Gasteiger partial charge >= 0.3 is 5.97 Å². The highest BCUT2D eigenvalue weighted by Crippen LogP contribution is 2.17. The van der Waals surface area contributed by atoms with E-state index < -0.39 is 11.6 Å². The van der Waals surface area contributed by atoms with Gasteiger partial charge < -0.3 is 9.15 Å². The molecule has 0 N–H and O–H groups in total. The molecule has 0 atom stereocenters. The van der Waals surface area contributed by atoms with Crippen LogP contribution in [0.5, 0.6) is 0 Å². The number of esters is 1. The quantitative estimate of drug-likeness (QED) is 0.802. The molecule has 0 saturated heterocycles. The average molecular weight is 342 g/mol. The third-order valence-electron chi connectivity index (χ3n) is 2.51. The van der Waals surface area contributed by atoms with Crippen LogP contribution < -0.4 is 0 Å². The van der Waals surface area contributed by atoms with Crippen molar-refractivity contribution in [3.8, 4) is 0 Å². The molecule has 0 bridgehead atoms. The van der Waals surface area contributed by atoms with Gasteiger partial charge in [0.15, 0.2) is 10.4 Å². The van der Waals surface area contributed by atoms with E-state index in [1.54, 1.807) is 17.7 Å². The van der Waals surface area contributed by atoms with Gasteiger partial charge in [0.05, 0.1) is 5.69 Å². The summed E-state index contributed by atoms with van der Waals surface area (Å²) in [5.41, 5.74) is 0.316. The third-order valence-corrected chi connectivity index (χ3v) is 2.94. The molecule has 0 aliphatic rings. The largest absolute Gasteiger partial charge is 0.455 e. The van der Waals surface area contributed by atoms with E-state index in [1.165, 1.54) is 0 Å². The first-order valence-corrected chi connectivity index (χ1v) is 6.93. The van der Waals surface area contributed by atoms with Gasteiger partial charge in [0.1, 0.15) is 17.9 Å². The van der Waals surface area contributed by atoms with Crippen molar-refractivity contribution >= 4 is 21.9 Å². The van der Waals surface area contributed by atoms with E-state index >= 15 is 0 Å². The summed E-state index contributed by atoms with van der Waals surface area (Å²) in [6.07, 6.45) is 0. The van der Waals surface area contributed by atoms with Crippen molar-refractivity contribution in [1.29, 1.82) is 0 Å². The Bertz CT molecular complexity index is 625.